The van der Waals surface area contributed by atoms with E-state index in [1.54, 1.807) is 0 Å². The maximum atomic E-state index is 12.6. The Labute approximate surface area is 140 Å². The molecule has 4 rings (SSSR count). The van der Waals surface area contributed by atoms with Gasteiger partial charge in [0, 0.05) is 11.4 Å². The zero-order chi connectivity index (χ0) is 16.8. The van der Waals surface area contributed by atoms with Crippen LogP contribution in [0.2, 0.25) is 0 Å². The molecule has 0 saturated heterocycles. The number of H-pyrrole nitrogens is 1. The Morgan fingerprint density at radius 3 is 2.92 bits per heavy atom. The first kappa shape index (κ1) is 14.9. The molecule has 24 heavy (non-hydrogen) atoms. The van der Waals surface area contributed by atoms with Gasteiger partial charge in [0.2, 0.25) is 0 Å². The Bertz CT molecular complexity index is 968. The van der Waals surface area contributed by atoms with Gasteiger partial charge in [-0.25, -0.2) is 9.59 Å². The van der Waals surface area contributed by atoms with E-state index in [-0.39, 0.29) is 6.61 Å². The second kappa shape index (κ2) is 5.48. The lowest BCUT2D eigenvalue weighted by atomic mass is 9.87. The normalized spacial score (nSPS) is 18.9. The van der Waals surface area contributed by atoms with E-state index in [1.165, 1.54) is 15.9 Å². The summed E-state index contributed by atoms with van der Waals surface area (Å²) < 4.78 is 6.68. The third-order valence-corrected chi connectivity index (χ3v) is 5.19. The predicted octanol–water partition coefficient (Wildman–Crippen LogP) is 1.38. The Balaban J connectivity index is 2.03. The smallest absolute Gasteiger partial charge is 0.337 e. The molecule has 0 saturated carbocycles. The summed E-state index contributed by atoms with van der Waals surface area (Å²) in [5.74, 6) is -0.478. The Morgan fingerprint density at radius 2 is 2.21 bits per heavy atom. The summed E-state index contributed by atoms with van der Waals surface area (Å²) >= 11 is 1.47. The third-order valence-electron chi connectivity index (χ3n) is 4.25. The van der Waals surface area contributed by atoms with Crippen LogP contribution in [-0.4, -0.2) is 22.1 Å². The summed E-state index contributed by atoms with van der Waals surface area (Å²) in [5.41, 5.74) is 0.549. The second-order valence-electron chi connectivity index (χ2n) is 5.71. The Hall–Kier alpha value is -2.61. The van der Waals surface area contributed by atoms with Gasteiger partial charge in [-0.2, -0.15) is 0 Å². The molecule has 0 radical (unpaired) electrons. The number of fused-ring (bicyclic) bond motifs is 1. The monoisotopic (exact) mass is 345 g/mol. The quantitative estimate of drug-likeness (QED) is 0.820. The lowest BCUT2D eigenvalue weighted by Gasteiger charge is -2.27. The lowest BCUT2D eigenvalue weighted by molar-refractivity contribution is -0.136. The van der Waals surface area contributed by atoms with Crippen LogP contribution in [0.1, 0.15) is 29.7 Å². The Morgan fingerprint density at radius 1 is 1.38 bits per heavy atom. The van der Waals surface area contributed by atoms with E-state index in [4.69, 9.17) is 4.74 Å². The molecule has 0 aromatic carbocycles. The van der Waals surface area contributed by atoms with E-state index in [2.05, 4.69) is 10.3 Å². The SMILES string of the molecule is CCCn1c2c(c(=O)[nH]c1=O)[C@@H](c1cccs1)C1=C(COC1=O)N2. The molecule has 0 spiro atoms. The topological polar surface area (TPSA) is 93.2 Å². The van der Waals surface area contributed by atoms with Crippen LogP contribution < -0.4 is 16.6 Å². The molecular weight excluding hydrogens is 330 g/mol. The van der Waals surface area contributed by atoms with Crippen LogP contribution in [0.15, 0.2) is 38.4 Å². The zero-order valence-corrected chi connectivity index (χ0v) is 13.7. The number of aromatic nitrogens is 2. The molecule has 0 aliphatic carbocycles. The minimum atomic E-state index is -0.515. The van der Waals surface area contributed by atoms with Crippen molar-refractivity contribution < 1.29 is 9.53 Å². The molecule has 2 aromatic rings. The predicted molar refractivity (Wildman–Crippen MR) is 89.4 cm³/mol. The van der Waals surface area contributed by atoms with Gasteiger partial charge in [-0.3, -0.25) is 14.3 Å². The average molecular weight is 345 g/mol. The molecule has 0 bridgehead atoms. The van der Waals surface area contributed by atoms with Crippen molar-refractivity contribution in [2.45, 2.75) is 25.8 Å². The molecule has 2 N–H and O–H groups in total. The number of cyclic esters (lactones) is 1. The standard InChI is InChI=1S/C16H15N3O4S/c1-2-5-19-13-12(14(20)18-16(19)22)11(9-4-3-6-24-9)10-8(17-13)7-23-15(10)21/h3-4,6,11,17H,2,5,7H2,1H3,(H,18,20,22)/t11-/m0/s1. The summed E-state index contributed by atoms with van der Waals surface area (Å²) in [4.78, 5) is 40.2. The number of anilines is 1. The number of nitrogens with one attached hydrogen (secondary N) is 2. The first-order chi connectivity index (χ1) is 11.6. The van der Waals surface area contributed by atoms with Crippen molar-refractivity contribution in [3.63, 3.8) is 0 Å². The van der Waals surface area contributed by atoms with E-state index in [1.807, 2.05) is 24.4 Å². The third kappa shape index (κ3) is 2.06. The highest BCUT2D eigenvalue weighted by Crippen LogP contribution is 2.43. The summed E-state index contributed by atoms with van der Waals surface area (Å²) in [7, 11) is 0. The highest BCUT2D eigenvalue weighted by atomic mass is 32.1. The van der Waals surface area contributed by atoms with E-state index in [9.17, 15) is 14.4 Å². The number of aromatic amines is 1. The number of hydrogen-bond acceptors (Lipinski definition) is 6. The molecular formula is C16H15N3O4S. The van der Waals surface area contributed by atoms with Crippen molar-refractivity contribution in [3.8, 4) is 0 Å². The van der Waals surface area contributed by atoms with Gasteiger partial charge < -0.3 is 10.1 Å². The van der Waals surface area contributed by atoms with Gasteiger partial charge in [-0.15, -0.1) is 11.3 Å². The van der Waals surface area contributed by atoms with Gasteiger partial charge >= 0.3 is 11.7 Å². The van der Waals surface area contributed by atoms with Crippen LogP contribution >= 0.6 is 11.3 Å². The van der Waals surface area contributed by atoms with Gasteiger partial charge in [0.25, 0.3) is 5.56 Å². The molecule has 1 atom stereocenters. The number of rotatable bonds is 3. The number of carbonyl (C=O) groups is 1. The number of nitrogens with zero attached hydrogens (tertiary/aromatic N) is 1. The number of thiophene rings is 1. The van der Waals surface area contributed by atoms with Crippen molar-refractivity contribution in [1.29, 1.82) is 0 Å². The van der Waals surface area contributed by atoms with Gasteiger partial charge in [-0.05, 0) is 17.9 Å². The van der Waals surface area contributed by atoms with Crippen molar-refractivity contribution in [2.75, 3.05) is 11.9 Å². The second-order valence-corrected chi connectivity index (χ2v) is 6.69. The van der Waals surface area contributed by atoms with E-state index in [0.29, 0.717) is 29.2 Å². The minimum absolute atomic E-state index is 0.128. The van der Waals surface area contributed by atoms with Crippen molar-refractivity contribution in [3.05, 3.63) is 60.1 Å². The molecule has 0 amide bonds. The van der Waals surface area contributed by atoms with Crippen molar-refractivity contribution in [2.24, 2.45) is 0 Å². The highest BCUT2D eigenvalue weighted by molar-refractivity contribution is 7.10. The highest BCUT2D eigenvalue weighted by Gasteiger charge is 2.41. The van der Waals surface area contributed by atoms with Crippen LogP contribution in [0.5, 0.6) is 0 Å². The van der Waals surface area contributed by atoms with Crippen molar-refractivity contribution in [1.82, 2.24) is 9.55 Å². The lowest BCUT2D eigenvalue weighted by Crippen LogP contribution is -2.38. The van der Waals surface area contributed by atoms with Crippen LogP contribution in [0, 0.1) is 0 Å². The zero-order valence-electron chi connectivity index (χ0n) is 12.9. The van der Waals surface area contributed by atoms with Crippen molar-refractivity contribution >= 4 is 23.1 Å². The van der Waals surface area contributed by atoms with Gasteiger partial charge in [0.15, 0.2) is 0 Å². The van der Waals surface area contributed by atoms with Crippen LogP contribution in [0.25, 0.3) is 0 Å². The molecule has 124 valence electrons. The maximum Gasteiger partial charge on any atom is 0.337 e. The fourth-order valence-corrected chi connectivity index (χ4v) is 4.11. The molecule has 8 heteroatoms. The van der Waals surface area contributed by atoms with Crippen LogP contribution in [-0.2, 0) is 16.1 Å². The Kier molecular flexibility index (Phi) is 3.42. The molecule has 4 heterocycles. The minimum Gasteiger partial charge on any atom is -0.456 e. The van der Waals surface area contributed by atoms with E-state index >= 15 is 0 Å². The van der Waals surface area contributed by atoms with E-state index < -0.39 is 23.1 Å². The number of esters is 1. The van der Waals surface area contributed by atoms with E-state index in [0.717, 1.165) is 11.3 Å². The molecule has 2 aromatic heterocycles. The summed E-state index contributed by atoms with van der Waals surface area (Å²) in [6.07, 6.45) is 0.741. The number of ether oxygens (including phenoxy) is 1. The van der Waals surface area contributed by atoms with Gasteiger partial charge in [-0.1, -0.05) is 13.0 Å². The first-order valence-electron chi connectivity index (χ1n) is 7.69. The summed E-state index contributed by atoms with van der Waals surface area (Å²) in [6, 6.07) is 3.76. The number of hydrogen-bond donors (Lipinski definition) is 2. The maximum absolute atomic E-state index is 12.6. The molecule has 0 unspecified atom stereocenters. The fraction of sp³-hybridized carbons (Fsp3) is 0.312. The summed E-state index contributed by atoms with van der Waals surface area (Å²) in [6.45, 7) is 2.55. The molecule has 7 nitrogen and oxygen atoms in total. The molecule has 0 fully saturated rings. The van der Waals surface area contributed by atoms with Gasteiger partial charge in [0.1, 0.15) is 12.4 Å². The molecule has 2 aliphatic heterocycles. The first-order valence-corrected chi connectivity index (χ1v) is 8.57. The van der Waals surface area contributed by atoms with Crippen LogP contribution in [0.3, 0.4) is 0 Å². The summed E-state index contributed by atoms with van der Waals surface area (Å²) in [5, 5.41) is 4.99. The van der Waals surface area contributed by atoms with Crippen LogP contribution in [0.4, 0.5) is 5.82 Å². The average Bonchev–Trinajstić information content (AvgIpc) is 3.20. The molecule has 2 aliphatic rings. The van der Waals surface area contributed by atoms with Gasteiger partial charge in [0.05, 0.1) is 22.8 Å². The number of carbonyl (C=O) groups excluding carboxylic acids is 1. The largest absolute Gasteiger partial charge is 0.456 e. The fourth-order valence-electron chi connectivity index (χ4n) is 3.27.